The molecule has 208 valence electrons. The summed E-state index contributed by atoms with van der Waals surface area (Å²) < 4.78 is 23.5. The monoisotopic (exact) mass is 553 g/mol. The van der Waals surface area contributed by atoms with Crippen molar-refractivity contribution in [2.24, 2.45) is 0 Å². The van der Waals surface area contributed by atoms with Crippen molar-refractivity contribution in [1.82, 2.24) is 25.1 Å². The number of methoxy groups -OCH3 is 2. The minimum absolute atomic E-state index is 0.0787. The predicted molar refractivity (Wildman–Crippen MR) is 150 cm³/mol. The van der Waals surface area contributed by atoms with E-state index in [4.69, 9.17) is 18.9 Å². The second-order valence-electron chi connectivity index (χ2n) is 8.74. The van der Waals surface area contributed by atoms with Crippen molar-refractivity contribution < 1.29 is 28.5 Å². The number of ketones is 1. The van der Waals surface area contributed by atoms with Crippen LogP contribution in [0.4, 0.5) is 0 Å². The highest BCUT2D eigenvalue weighted by Crippen LogP contribution is 2.31. The Morgan fingerprint density at radius 1 is 0.805 bits per heavy atom. The third-order valence-corrected chi connectivity index (χ3v) is 6.08. The summed E-state index contributed by atoms with van der Waals surface area (Å²) in [5, 5.41) is 15.6. The Balaban J connectivity index is 1.10. The predicted octanol–water partition coefficient (Wildman–Crippen LogP) is 3.61. The average molecular weight is 554 g/mol. The van der Waals surface area contributed by atoms with Crippen LogP contribution in [-0.4, -0.2) is 65.5 Å². The molecule has 0 fully saturated rings. The molecule has 0 unspecified atom stereocenters. The van der Waals surface area contributed by atoms with E-state index >= 15 is 0 Å². The fourth-order valence-electron chi connectivity index (χ4n) is 4.01. The largest absolute Gasteiger partial charge is 0.493 e. The van der Waals surface area contributed by atoms with E-state index in [9.17, 15) is 9.59 Å². The molecule has 0 radical (unpaired) electrons. The lowest BCUT2D eigenvalue weighted by Gasteiger charge is -2.10. The zero-order valence-corrected chi connectivity index (χ0v) is 22.4. The van der Waals surface area contributed by atoms with Crippen LogP contribution in [0.2, 0.25) is 0 Å². The van der Waals surface area contributed by atoms with E-state index < -0.39 is 0 Å². The fourth-order valence-corrected chi connectivity index (χ4v) is 4.01. The molecule has 5 rings (SSSR count). The van der Waals surface area contributed by atoms with Gasteiger partial charge in [-0.05, 0) is 48.5 Å². The highest BCUT2D eigenvalue weighted by molar-refractivity contribution is 6.09. The molecule has 1 amide bonds. The van der Waals surface area contributed by atoms with Gasteiger partial charge in [-0.1, -0.05) is 30.3 Å². The first-order chi connectivity index (χ1) is 20.1. The SMILES string of the molecule is COc1ccc(-c2nnc3ccc(OCCNC(=O)COc4ccc(C(=O)c5ccccc5)cc4)nn23)cc1OC. The molecule has 2 heterocycles. The van der Waals surface area contributed by atoms with Gasteiger partial charge in [0.1, 0.15) is 12.4 Å². The second-order valence-corrected chi connectivity index (χ2v) is 8.74. The molecule has 1 N–H and O–H groups in total. The van der Waals surface area contributed by atoms with E-state index in [0.29, 0.717) is 45.7 Å². The minimum Gasteiger partial charge on any atom is -0.493 e. The van der Waals surface area contributed by atoms with Crippen molar-refractivity contribution in [3.8, 4) is 34.5 Å². The van der Waals surface area contributed by atoms with Crippen molar-refractivity contribution >= 4 is 17.3 Å². The normalized spacial score (nSPS) is 10.7. The first kappa shape index (κ1) is 27.1. The minimum atomic E-state index is -0.309. The molecule has 0 aliphatic heterocycles. The standard InChI is InChI=1S/C30H27N5O6/c1-38-24-13-10-22(18-25(24)39-2)30-33-32-26-14-15-28(34-35(26)30)40-17-16-31-27(36)19-41-23-11-8-21(9-12-23)29(37)20-6-4-3-5-7-20/h3-15,18H,16-17,19H2,1-2H3,(H,31,36). The molecule has 0 atom stereocenters. The first-order valence-corrected chi connectivity index (χ1v) is 12.7. The second kappa shape index (κ2) is 12.6. The maximum Gasteiger partial charge on any atom is 0.258 e. The third-order valence-electron chi connectivity index (χ3n) is 6.08. The van der Waals surface area contributed by atoms with Crippen molar-refractivity contribution in [1.29, 1.82) is 0 Å². The Labute approximate surface area is 235 Å². The maximum absolute atomic E-state index is 12.5. The van der Waals surface area contributed by atoms with Crippen molar-refractivity contribution in [3.63, 3.8) is 0 Å². The highest BCUT2D eigenvalue weighted by Gasteiger charge is 2.14. The van der Waals surface area contributed by atoms with Crippen LogP contribution in [0.15, 0.2) is 84.9 Å². The number of hydrogen-bond donors (Lipinski definition) is 1. The quantitative estimate of drug-likeness (QED) is 0.182. The number of fused-ring (bicyclic) bond motifs is 1. The van der Waals surface area contributed by atoms with Gasteiger partial charge in [0.2, 0.25) is 5.88 Å². The lowest BCUT2D eigenvalue weighted by atomic mass is 10.0. The van der Waals surface area contributed by atoms with E-state index in [2.05, 4.69) is 20.6 Å². The number of nitrogens with zero attached hydrogens (tertiary/aromatic N) is 4. The first-order valence-electron chi connectivity index (χ1n) is 12.7. The number of benzene rings is 3. The number of hydrogen-bond acceptors (Lipinski definition) is 9. The van der Waals surface area contributed by atoms with Crippen LogP contribution in [0.1, 0.15) is 15.9 Å². The Kier molecular flexibility index (Phi) is 8.34. The lowest BCUT2D eigenvalue weighted by molar-refractivity contribution is -0.123. The smallest absolute Gasteiger partial charge is 0.258 e. The summed E-state index contributed by atoms with van der Waals surface area (Å²) in [5.41, 5.74) is 2.44. The Morgan fingerprint density at radius 3 is 2.32 bits per heavy atom. The van der Waals surface area contributed by atoms with Gasteiger partial charge in [0.25, 0.3) is 5.91 Å². The number of ether oxygens (including phenoxy) is 4. The number of nitrogens with one attached hydrogen (secondary N) is 1. The van der Waals surface area contributed by atoms with Crippen molar-refractivity contribution in [2.75, 3.05) is 34.0 Å². The van der Waals surface area contributed by atoms with Gasteiger partial charge in [-0.25, -0.2) is 0 Å². The summed E-state index contributed by atoms with van der Waals surface area (Å²) >= 11 is 0. The molecular formula is C30H27N5O6. The number of amides is 1. The number of rotatable bonds is 12. The van der Waals surface area contributed by atoms with Crippen molar-refractivity contribution in [3.05, 3.63) is 96.1 Å². The van der Waals surface area contributed by atoms with Crippen LogP contribution in [0.5, 0.6) is 23.1 Å². The van der Waals surface area contributed by atoms with Gasteiger partial charge in [0.15, 0.2) is 35.4 Å². The third kappa shape index (κ3) is 6.41. The zero-order valence-electron chi connectivity index (χ0n) is 22.4. The summed E-state index contributed by atoms with van der Waals surface area (Å²) in [5.74, 6) is 2.11. The average Bonchev–Trinajstić information content (AvgIpc) is 3.45. The molecule has 0 saturated carbocycles. The van der Waals surface area contributed by atoms with Gasteiger partial charge >= 0.3 is 0 Å². The Hall–Kier alpha value is -5.45. The molecule has 0 spiro atoms. The Bertz CT molecular complexity index is 1650. The lowest BCUT2D eigenvalue weighted by Crippen LogP contribution is -2.32. The highest BCUT2D eigenvalue weighted by atomic mass is 16.5. The molecule has 3 aromatic carbocycles. The summed E-state index contributed by atoms with van der Waals surface area (Å²) in [7, 11) is 3.13. The van der Waals surface area contributed by atoms with E-state index in [1.54, 1.807) is 79.4 Å². The summed E-state index contributed by atoms with van der Waals surface area (Å²) in [6.45, 7) is 0.261. The number of aromatic nitrogens is 4. The van der Waals surface area contributed by atoms with Crippen LogP contribution >= 0.6 is 0 Å². The number of carbonyl (C=O) groups excluding carboxylic acids is 2. The van der Waals surface area contributed by atoms with Crippen LogP contribution in [0.25, 0.3) is 17.0 Å². The van der Waals surface area contributed by atoms with Crippen LogP contribution in [0.3, 0.4) is 0 Å². The molecule has 11 heteroatoms. The molecule has 11 nitrogen and oxygen atoms in total. The topological polar surface area (TPSA) is 126 Å². The van der Waals surface area contributed by atoms with Crippen molar-refractivity contribution in [2.45, 2.75) is 0 Å². The molecule has 0 aliphatic rings. The summed E-state index contributed by atoms with van der Waals surface area (Å²) in [6, 6.07) is 24.5. The molecule has 0 saturated heterocycles. The molecule has 0 aliphatic carbocycles. The van der Waals surface area contributed by atoms with E-state index in [1.807, 2.05) is 24.3 Å². The summed E-state index contributed by atoms with van der Waals surface area (Å²) in [4.78, 5) is 24.7. The van der Waals surface area contributed by atoms with Crippen LogP contribution < -0.4 is 24.3 Å². The van der Waals surface area contributed by atoms with E-state index in [-0.39, 0.29) is 31.4 Å². The fraction of sp³-hybridized carbons (Fsp3) is 0.167. The van der Waals surface area contributed by atoms with Gasteiger partial charge in [-0.15, -0.1) is 15.3 Å². The maximum atomic E-state index is 12.5. The van der Waals surface area contributed by atoms with E-state index in [1.165, 1.54) is 0 Å². The zero-order chi connectivity index (χ0) is 28.6. The van der Waals surface area contributed by atoms with Gasteiger partial charge in [-0.3, -0.25) is 9.59 Å². The summed E-state index contributed by atoms with van der Waals surface area (Å²) in [6.07, 6.45) is 0. The van der Waals surface area contributed by atoms with Gasteiger partial charge in [0, 0.05) is 22.8 Å². The van der Waals surface area contributed by atoms with Gasteiger partial charge < -0.3 is 24.3 Å². The van der Waals surface area contributed by atoms with E-state index in [0.717, 1.165) is 5.56 Å². The van der Waals surface area contributed by atoms with Gasteiger partial charge in [0.05, 0.1) is 20.8 Å². The molecule has 5 aromatic rings. The molecule has 41 heavy (non-hydrogen) atoms. The van der Waals surface area contributed by atoms with Gasteiger partial charge in [-0.2, -0.15) is 4.52 Å². The molecule has 2 aromatic heterocycles. The number of carbonyl (C=O) groups is 2. The molecular weight excluding hydrogens is 526 g/mol. The van der Waals surface area contributed by atoms with Crippen LogP contribution in [0, 0.1) is 0 Å². The molecule has 0 bridgehead atoms. The Morgan fingerprint density at radius 2 is 1.56 bits per heavy atom. The van der Waals surface area contributed by atoms with Crippen LogP contribution in [-0.2, 0) is 4.79 Å².